The van der Waals surface area contributed by atoms with Crippen LogP contribution in [0.1, 0.15) is 46.5 Å². The first-order valence-corrected chi connectivity index (χ1v) is 7.65. The number of benzene rings is 1. The minimum atomic E-state index is 0.667. The Labute approximate surface area is 124 Å². The van der Waals surface area contributed by atoms with Crippen molar-refractivity contribution in [1.29, 1.82) is 0 Å². The van der Waals surface area contributed by atoms with Crippen molar-refractivity contribution in [3.05, 3.63) is 37.4 Å². The van der Waals surface area contributed by atoms with Gasteiger partial charge in [0.05, 0.1) is 13.2 Å². The molecule has 20 heavy (non-hydrogen) atoms. The quantitative estimate of drug-likeness (QED) is 0.557. The smallest absolute Gasteiger partial charge is 0.122 e. The van der Waals surface area contributed by atoms with Gasteiger partial charge in [-0.25, -0.2) is 0 Å². The first-order valence-electron chi connectivity index (χ1n) is 7.65. The molecule has 0 saturated carbocycles. The molecule has 1 atom stereocenters. The van der Waals surface area contributed by atoms with Crippen LogP contribution in [0.4, 0.5) is 0 Å². The van der Waals surface area contributed by atoms with Crippen LogP contribution >= 0.6 is 0 Å². The summed E-state index contributed by atoms with van der Waals surface area (Å²) in [6, 6.07) is 7.91. The third-order valence-corrected chi connectivity index (χ3v) is 3.15. The molecule has 0 aromatic heterocycles. The average Bonchev–Trinajstić information content (AvgIpc) is 2.50. The van der Waals surface area contributed by atoms with Gasteiger partial charge in [-0.1, -0.05) is 39.2 Å². The van der Waals surface area contributed by atoms with Crippen molar-refractivity contribution in [1.82, 2.24) is 0 Å². The molecule has 0 amide bonds. The fraction of sp³-hybridized carbons (Fsp3) is 0.556. The number of rotatable bonds is 9. The van der Waals surface area contributed by atoms with E-state index in [9.17, 15) is 0 Å². The topological polar surface area (TPSA) is 18.5 Å². The van der Waals surface area contributed by atoms with E-state index in [1.807, 2.05) is 31.2 Å². The molecule has 0 radical (unpaired) electrons. The van der Waals surface area contributed by atoms with E-state index in [4.69, 9.17) is 9.47 Å². The van der Waals surface area contributed by atoms with E-state index in [1.54, 1.807) is 0 Å². The highest BCUT2D eigenvalue weighted by Gasteiger charge is 2.07. The van der Waals surface area contributed by atoms with Crippen LogP contribution in [0.5, 0.6) is 11.5 Å². The lowest BCUT2D eigenvalue weighted by Crippen LogP contribution is -2.11. The summed E-state index contributed by atoms with van der Waals surface area (Å²) in [5.41, 5.74) is 0. The van der Waals surface area contributed by atoms with Crippen LogP contribution in [0.25, 0.3) is 0 Å². The van der Waals surface area contributed by atoms with Gasteiger partial charge in [0.25, 0.3) is 0 Å². The Morgan fingerprint density at radius 3 is 2.25 bits per heavy atom. The molecule has 0 saturated heterocycles. The Kier molecular flexibility index (Phi) is 11.7. The van der Waals surface area contributed by atoms with Gasteiger partial charge in [-0.15, -0.1) is 13.2 Å². The van der Waals surface area contributed by atoms with Crippen LogP contribution in [-0.4, -0.2) is 13.2 Å². The van der Waals surface area contributed by atoms with Gasteiger partial charge in [-0.2, -0.15) is 0 Å². The molecule has 0 N–H and O–H groups in total. The predicted molar refractivity (Wildman–Crippen MR) is 87.7 cm³/mol. The normalized spacial score (nSPS) is 11.2. The predicted octanol–water partition coefficient (Wildman–Crippen LogP) is 5.48. The van der Waals surface area contributed by atoms with E-state index >= 15 is 0 Å². The highest BCUT2D eigenvalue weighted by Crippen LogP contribution is 2.21. The first kappa shape index (κ1) is 18.6. The van der Waals surface area contributed by atoms with Gasteiger partial charge >= 0.3 is 0 Å². The lowest BCUT2D eigenvalue weighted by Gasteiger charge is -2.16. The summed E-state index contributed by atoms with van der Waals surface area (Å²) in [5.74, 6) is 2.47. The Bertz CT molecular complexity index is 336. The van der Waals surface area contributed by atoms with Crippen molar-refractivity contribution in [2.24, 2.45) is 5.92 Å². The van der Waals surface area contributed by atoms with Gasteiger partial charge < -0.3 is 9.47 Å². The molecule has 0 heterocycles. The van der Waals surface area contributed by atoms with Crippen molar-refractivity contribution in [3.63, 3.8) is 0 Å². The third kappa shape index (κ3) is 7.88. The number of hydrogen-bond donors (Lipinski definition) is 0. The summed E-state index contributed by atoms with van der Waals surface area (Å²) in [5, 5.41) is 0. The average molecular weight is 278 g/mol. The fourth-order valence-corrected chi connectivity index (χ4v) is 1.93. The molecular weight excluding hydrogens is 248 g/mol. The molecule has 0 aliphatic rings. The van der Waals surface area contributed by atoms with Crippen molar-refractivity contribution < 1.29 is 9.47 Å². The summed E-state index contributed by atoms with van der Waals surface area (Å²) in [7, 11) is 0. The molecule has 1 aromatic carbocycles. The maximum Gasteiger partial charge on any atom is 0.122 e. The van der Waals surface area contributed by atoms with Crippen LogP contribution in [-0.2, 0) is 0 Å². The molecule has 1 unspecified atom stereocenters. The molecule has 2 nitrogen and oxygen atoms in total. The monoisotopic (exact) mass is 278 g/mol. The van der Waals surface area contributed by atoms with E-state index in [0.29, 0.717) is 12.5 Å². The summed E-state index contributed by atoms with van der Waals surface area (Å²) in [4.78, 5) is 0. The molecule has 1 aromatic rings. The second kappa shape index (κ2) is 12.6. The molecule has 0 aliphatic carbocycles. The highest BCUT2D eigenvalue weighted by atomic mass is 16.5. The van der Waals surface area contributed by atoms with Crippen LogP contribution < -0.4 is 9.47 Å². The van der Waals surface area contributed by atoms with Gasteiger partial charge in [-0.3, -0.25) is 0 Å². The van der Waals surface area contributed by atoms with E-state index in [-0.39, 0.29) is 0 Å². The van der Waals surface area contributed by atoms with Crippen LogP contribution in [0.15, 0.2) is 37.4 Å². The van der Waals surface area contributed by atoms with E-state index in [2.05, 4.69) is 27.0 Å². The molecule has 0 spiro atoms. The fourth-order valence-electron chi connectivity index (χ4n) is 1.93. The molecule has 2 heteroatoms. The second-order valence-electron chi connectivity index (χ2n) is 4.64. The standard InChI is InChI=1S/C16H26O2.C2H4/c1-4-7-9-14(5-2)13-18-16-11-8-10-15(12-16)17-6-3;1-2/h8,10-12,14H,4-7,9,13H2,1-3H3;1-2H2. The molecule has 1 rings (SSSR count). The minimum absolute atomic E-state index is 0.667. The highest BCUT2D eigenvalue weighted by molar-refractivity contribution is 5.32. The van der Waals surface area contributed by atoms with Gasteiger partial charge in [0, 0.05) is 6.07 Å². The van der Waals surface area contributed by atoms with E-state index in [0.717, 1.165) is 18.1 Å². The van der Waals surface area contributed by atoms with Crippen LogP contribution in [0.3, 0.4) is 0 Å². The van der Waals surface area contributed by atoms with Crippen molar-refractivity contribution in [3.8, 4) is 11.5 Å². The molecule has 0 bridgehead atoms. The number of ether oxygens (including phenoxy) is 2. The van der Waals surface area contributed by atoms with Gasteiger partial charge in [0.15, 0.2) is 0 Å². The van der Waals surface area contributed by atoms with Crippen molar-refractivity contribution in [2.45, 2.75) is 46.5 Å². The largest absolute Gasteiger partial charge is 0.494 e. The third-order valence-electron chi connectivity index (χ3n) is 3.15. The molecule has 0 fully saturated rings. The zero-order chi connectivity index (χ0) is 15.2. The van der Waals surface area contributed by atoms with E-state index < -0.39 is 0 Å². The second-order valence-corrected chi connectivity index (χ2v) is 4.64. The first-order chi connectivity index (χ1) is 9.80. The van der Waals surface area contributed by atoms with Crippen molar-refractivity contribution >= 4 is 0 Å². The van der Waals surface area contributed by atoms with Crippen LogP contribution in [0, 0.1) is 5.92 Å². The zero-order valence-corrected chi connectivity index (χ0v) is 13.4. The Balaban J connectivity index is 0.00000172. The minimum Gasteiger partial charge on any atom is -0.494 e. The zero-order valence-electron chi connectivity index (χ0n) is 13.4. The lowest BCUT2D eigenvalue weighted by molar-refractivity contribution is 0.232. The Morgan fingerprint density at radius 1 is 1.05 bits per heavy atom. The Morgan fingerprint density at radius 2 is 1.70 bits per heavy atom. The summed E-state index contributed by atoms with van der Waals surface area (Å²) in [6.07, 6.45) is 5.00. The number of unbranched alkanes of at least 4 members (excludes halogenated alkanes) is 1. The summed E-state index contributed by atoms with van der Waals surface area (Å²) in [6.45, 7) is 14.0. The molecule has 0 aliphatic heterocycles. The SMILES string of the molecule is C=C.CCCCC(CC)COc1cccc(OCC)c1. The molecular formula is C18H30O2. The lowest BCUT2D eigenvalue weighted by atomic mass is 10.0. The Hall–Kier alpha value is -1.44. The molecule has 114 valence electrons. The van der Waals surface area contributed by atoms with Crippen molar-refractivity contribution in [2.75, 3.05) is 13.2 Å². The number of hydrogen-bond acceptors (Lipinski definition) is 2. The van der Waals surface area contributed by atoms with Gasteiger partial charge in [0.1, 0.15) is 11.5 Å². The van der Waals surface area contributed by atoms with Crippen LogP contribution in [0.2, 0.25) is 0 Å². The van der Waals surface area contributed by atoms with Gasteiger partial charge in [-0.05, 0) is 31.4 Å². The summed E-state index contributed by atoms with van der Waals surface area (Å²) >= 11 is 0. The summed E-state index contributed by atoms with van der Waals surface area (Å²) < 4.78 is 11.3. The maximum atomic E-state index is 5.86. The van der Waals surface area contributed by atoms with Gasteiger partial charge in [0.2, 0.25) is 0 Å². The van der Waals surface area contributed by atoms with E-state index in [1.165, 1.54) is 25.7 Å². The maximum absolute atomic E-state index is 5.86.